The summed E-state index contributed by atoms with van der Waals surface area (Å²) in [6.45, 7) is 0.471. The van der Waals surface area contributed by atoms with Gasteiger partial charge in [0.2, 0.25) is 5.95 Å². The van der Waals surface area contributed by atoms with E-state index in [1.165, 1.54) is 6.33 Å². The Morgan fingerprint density at radius 2 is 2.00 bits per heavy atom. The number of anilines is 1. The maximum Gasteiger partial charge on any atom is 0.218 e. The summed E-state index contributed by atoms with van der Waals surface area (Å²) in [4.78, 5) is 19.5. The zero-order chi connectivity index (χ0) is 17.9. The number of H-pyrrole nitrogens is 1. The lowest BCUT2D eigenvalue weighted by Gasteiger charge is -2.08. The van der Waals surface area contributed by atoms with Crippen molar-refractivity contribution < 1.29 is 4.39 Å². The van der Waals surface area contributed by atoms with Crippen LogP contribution in [-0.2, 0) is 13.0 Å². The summed E-state index contributed by atoms with van der Waals surface area (Å²) in [5.41, 5.74) is 3.03. The van der Waals surface area contributed by atoms with Crippen molar-refractivity contribution in [3.05, 3.63) is 76.4 Å². The van der Waals surface area contributed by atoms with Gasteiger partial charge in [-0.15, -0.1) is 0 Å². The second-order valence-electron chi connectivity index (χ2n) is 5.74. The summed E-state index contributed by atoms with van der Waals surface area (Å²) >= 11 is 3.34. The summed E-state index contributed by atoms with van der Waals surface area (Å²) in [6, 6.07) is 7.30. The number of nitrogens with zero attached hydrogens (tertiary/aromatic N) is 4. The molecule has 0 saturated carbocycles. The van der Waals surface area contributed by atoms with Gasteiger partial charge in [0.25, 0.3) is 0 Å². The molecule has 26 heavy (non-hydrogen) atoms. The number of rotatable bonds is 5. The third-order valence-electron chi connectivity index (χ3n) is 3.99. The lowest BCUT2D eigenvalue weighted by Crippen LogP contribution is -2.05. The number of hydrogen-bond acceptors (Lipinski definition) is 5. The molecule has 0 radical (unpaired) electrons. The fraction of sp³-hybridized carbons (Fsp3) is 0.111. The molecular weight excluding hydrogens is 399 g/mol. The lowest BCUT2D eigenvalue weighted by molar-refractivity contribution is 0.571. The molecule has 0 atom stereocenters. The smallest absolute Gasteiger partial charge is 0.218 e. The van der Waals surface area contributed by atoms with E-state index in [1.807, 2.05) is 18.3 Å². The third-order valence-corrected chi connectivity index (χ3v) is 4.46. The molecule has 0 unspecified atom stereocenters. The standard InChI is InChI=1S/C18H14BrFN6/c19-13-2-3-14(22-7-13)8-23-16-4-1-11(17(20)26-16)5-12-6-24-18-15(12)9-21-10-25-18/h1-4,6-7,9-10H,5,8H2,(H,23,26)(H,21,24,25). The Labute approximate surface area is 157 Å². The largest absolute Gasteiger partial charge is 0.364 e. The van der Waals surface area contributed by atoms with E-state index in [0.717, 1.165) is 26.8 Å². The van der Waals surface area contributed by atoms with Crippen LogP contribution in [0.4, 0.5) is 10.2 Å². The van der Waals surface area contributed by atoms with Crippen LogP contribution in [0.2, 0.25) is 0 Å². The van der Waals surface area contributed by atoms with Gasteiger partial charge in [0.15, 0.2) is 0 Å². The quantitative estimate of drug-likeness (QED) is 0.486. The van der Waals surface area contributed by atoms with Gasteiger partial charge in [-0.05, 0) is 39.7 Å². The fourth-order valence-corrected chi connectivity index (χ4v) is 2.88. The lowest BCUT2D eigenvalue weighted by atomic mass is 10.1. The molecule has 4 aromatic heterocycles. The van der Waals surface area contributed by atoms with E-state index in [2.05, 4.69) is 46.2 Å². The van der Waals surface area contributed by atoms with E-state index < -0.39 is 5.95 Å². The number of nitrogens with one attached hydrogen (secondary N) is 2. The molecule has 0 saturated heterocycles. The number of hydrogen-bond donors (Lipinski definition) is 2. The second-order valence-corrected chi connectivity index (χ2v) is 6.66. The number of pyridine rings is 2. The molecule has 0 amide bonds. The molecule has 0 aliphatic rings. The maximum atomic E-state index is 14.4. The van der Waals surface area contributed by atoms with Crippen LogP contribution >= 0.6 is 15.9 Å². The minimum Gasteiger partial charge on any atom is -0.364 e. The summed E-state index contributed by atoms with van der Waals surface area (Å²) in [5.74, 6) is -0.0248. The molecule has 0 bridgehead atoms. The molecular formula is C18H14BrFN6. The SMILES string of the molecule is Fc1nc(NCc2ccc(Br)cn2)ccc1Cc1c[nH]c2ncncc12. The predicted molar refractivity (Wildman–Crippen MR) is 100 cm³/mol. The monoisotopic (exact) mass is 412 g/mol. The highest BCUT2D eigenvalue weighted by Crippen LogP contribution is 2.20. The first-order valence-corrected chi connectivity index (χ1v) is 8.74. The van der Waals surface area contributed by atoms with Crippen LogP contribution in [-0.4, -0.2) is 24.9 Å². The Kier molecular flexibility index (Phi) is 4.57. The minimum absolute atomic E-state index is 0.417. The van der Waals surface area contributed by atoms with Gasteiger partial charge in [0.1, 0.15) is 17.8 Å². The van der Waals surface area contributed by atoms with Gasteiger partial charge in [0, 0.05) is 40.4 Å². The molecule has 2 N–H and O–H groups in total. The van der Waals surface area contributed by atoms with Crippen LogP contribution in [0.25, 0.3) is 11.0 Å². The zero-order valence-electron chi connectivity index (χ0n) is 13.6. The number of fused-ring (bicyclic) bond motifs is 1. The summed E-state index contributed by atoms with van der Waals surface area (Å²) in [7, 11) is 0. The highest BCUT2D eigenvalue weighted by molar-refractivity contribution is 9.10. The van der Waals surface area contributed by atoms with Crippen molar-refractivity contribution in [2.75, 3.05) is 5.32 Å². The average molecular weight is 413 g/mol. The fourth-order valence-electron chi connectivity index (χ4n) is 2.65. The van der Waals surface area contributed by atoms with Crippen LogP contribution in [0, 0.1) is 5.95 Å². The van der Waals surface area contributed by atoms with Crippen LogP contribution in [0.3, 0.4) is 0 Å². The van der Waals surface area contributed by atoms with Crippen molar-refractivity contribution in [2.24, 2.45) is 0 Å². The Hall–Kier alpha value is -2.87. The first-order chi connectivity index (χ1) is 12.7. The highest BCUT2D eigenvalue weighted by Gasteiger charge is 2.10. The van der Waals surface area contributed by atoms with Crippen LogP contribution in [0.5, 0.6) is 0 Å². The molecule has 4 heterocycles. The Bertz CT molecular complexity index is 1050. The van der Waals surface area contributed by atoms with E-state index in [9.17, 15) is 4.39 Å². The minimum atomic E-state index is -0.495. The van der Waals surface area contributed by atoms with Crippen LogP contribution in [0.1, 0.15) is 16.8 Å². The van der Waals surface area contributed by atoms with Gasteiger partial charge in [0.05, 0.1) is 12.2 Å². The molecule has 0 aromatic carbocycles. The van der Waals surface area contributed by atoms with Crippen molar-refractivity contribution in [2.45, 2.75) is 13.0 Å². The summed E-state index contributed by atoms with van der Waals surface area (Å²) in [6.07, 6.45) is 7.16. The Morgan fingerprint density at radius 1 is 1.08 bits per heavy atom. The van der Waals surface area contributed by atoms with Gasteiger partial charge in [-0.25, -0.2) is 15.0 Å². The number of aromatic nitrogens is 5. The molecule has 0 fully saturated rings. The number of halogens is 2. The van der Waals surface area contributed by atoms with Crippen LogP contribution in [0.15, 0.2) is 53.7 Å². The van der Waals surface area contributed by atoms with E-state index in [4.69, 9.17) is 0 Å². The van der Waals surface area contributed by atoms with E-state index >= 15 is 0 Å². The molecule has 6 nitrogen and oxygen atoms in total. The molecule has 0 aliphatic heterocycles. The molecule has 8 heteroatoms. The second kappa shape index (κ2) is 7.17. The number of aromatic amines is 1. The van der Waals surface area contributed by atoms with E-state index in [0.29, 0.717) is 24.3 Å². The van der Waals surface area contributed by atoms with Crippen molar-refractivity contribution in [3.63, 3.8) is 0 Å². The van der Waals surface area contributed by atoms with Gasteiger partial charge >= 0.3 is 0 Å². The normalized spacial score (nSPS) is 11.0. The average Bonchev–Trinajstić information content (AvgIpc) is 3.06. The molecule has 130 valence electrons. The predicted octanol–water partition coefficient (Wildman–Crippen LogP) is 3.85. The summed E-state index contributed by atoms with van der Waals surface area (Å²) < 4.78 is 15.3. The first kappa shape index (κ1) is 16.6. The van der Waals surface area contributed by atoms with Gasteiger partial charge in [-0.1, -0.05) is 6.07 Å². The molecule has 0 spiro atoms. The highest BCUT2D eigenvalue weighted by atomic mass is 79.9. The molecule has 0 aliphatic carbocycles. The van der Waals surface area contributed by atoms with Crippen LogP contribution < -0.4 is 5.32 Å². The van der Waals surface area contributed by atoms with Crippen molar-refractivity contribution in [3.8, 4) is 0 Å². The third kappa shape index (κ3) is 3.55. The molecule has 4 rings (SSSR count). The van der Waals surface area contributed by atoms with Gasteiger partial charge in [-0.3, -0.25) is 4.98 Å². The van der Waals surface area contributed by atoms with Crippen molar-refractivity contribution >= 4 is 32.8 Å². The molecule has 4 aromatic rings. The zero-order valence-corrected chi connectivity index (χ0v) is 15.2. The maximum absolute atomic E-state index is 14.4. The van der Waals surface area contributed by atoms with Crippen molar-refractivity contribution in [1.29, 1.82) is 0 Å². The summed E-state index contributed by atoms with van der Waals surface area (Å²) in [5, 5.41) is 3.97. The van der Waals surface area contributed by atoms with Gasteiger partial charge in [-0.2, -0.15) is 4.39 Å². The Morgan fingerprint density at radius 3 is 2.81 bits per heavy atom. The van der Waals surface area contributed by atoms with Gasteiger partial charge < -0.3 is 10.3 Å². The first-order valence-electron chi connectivity index (χ1n) is 7.95. The van der Waals surface area contributed by atoms with Crippen molar-refractivity contribution in [1.82, 2.24) is 24.9 Å². The van der Waals surface area contributed by atoms with E-state index in [1.54, 1.807) is 24.5 Å². The Balaban J connectivity index is 1.48. The topological polar surface area (TPSA) is 79.4 Å². The van der Waals surface area contributed by atoms with E-state index in [-0.39, 0.29) is 0 Å².